The van der Waals surface area contributed by atoms with Crippen LogP contribution in [0.25, 0.3) is 12.2 Å². The van der Waals surface area contributed by atoms with E-state index in [1.807, 2.05) is 54.6 Å². The number of hydrogen-bond donors (Lipinski definition) is 0. The van der Waals surface area contributed by atoms with E-state index < -0.39 is 0 Å². The largest absolute Gasteiger partial charge is 0.281 e. The maximum Gasteiger partial charge on any atom is 0.0646 e. The van der Waals surface area contributed by atoms with E-state index in [1.165, 1.54) is 16.7 Å². The summed E-state index contributed by atoms with van der Waals surface area (Å²) in [7, 11) is 0. The third kappa shape index (κ3) is 5.74. The van der Waals surface area contributed by atoms with E-state index in [1.54, 1.807) is 0 Å². The highest BCUT2D eigenvalue weighted by Crippen LogP contribution is 2.07. The lowest BCUT2D eigenvalue weighted by molar-refractivity contribution is 1.07. The summed E-state index contributed by atoms with van der Waals surface area (Å²) in [5.41, 5.74) is 4.50. The zero-order valence-electron chi connectivity index (χ0n) is 14.1. The second-order valence-electron chi connectivity index (χ2n) is 5.71. The fraction of sp³-hybridized carbons (Fsp3) is 0.0417. The average Bonchev–Trinajstić information content (AvgIpc) is 2.70. The summed E-state index contributed by atoms with van der Waals surface area (Å²) < 4.78 is 0. The minimum absolute atomic E-state index is 0.675. The number of aliphatic imine (C=N–C) groups is 1. The minimum atomic E-state index is 0.675. The Labute approximate surface area is 149 Å². The molecule has 0 aliphatic carbocycles. The van der Waals surface area contributed by atoms with E-state index in [0.29, 0.717) is 6.54 Å². The van der Waals surface area contributed by atoms with Gasteiger partial charge in [-0.15, -0.1) is 0 Å². The molecule has 0 unspecified atom stereocenters. The molecule has 0 bridgehead atoms. The summed E-state index contributed by atoms with van der Waals surface area (Å²) in [6.07, 6.45) is 8.33. The molecule has 0 aliphatic heterocycles. The summed E-state index contributed by atoms with van der Waals surface area (Å²) in [4.78, 5) is 4.77. The average molecular weight is 323 g/mol. The fourth-order valence-corrected chi connectivity index (χ4v) is 2.42. The van der Waals surface area contributed by atoms with Gasteiger partial charge < -0.3 is 0 Å². The quantitative estimate of drug-likeness (QED) is 0.489. The molecule has 0 N–H and O–H groups in total. The van der Waals surface area contributed by atoms with Crippen LogP contribution < -0.4 is 0 Å². The van der Waals surface area contributed by atoms with Crippen LogP contribution in [0.4, 0.5) is 0 Å². The molecule has 122 valence electrons. The third-order valence-electron chi connectivity index (χ3n) is 3.78. The molecule has 1 heteroatoms. The van der Waals surface area contributed by atoms with E-state index in [9.17, 15) is 0 Å². The van der Waals surface area contributed by atoms with Gasteiger partial charge in [-0.2, -0.15) is 0 Å². The van der Waals surface area contributed by atoms with Crippen molar-refractivity contribution in [1.82, 2.24) is 0 Å². The van der Waals surface area contributed by atoms with Gasteiger partial charge in [0.15, 0.2) is 0 Å². The van der Waals surface area contributed by atoms with Crippen molar-refractivity contribution in [2.45, 2.75) is 6.54 Å². The molecular formula is C24H21N. The number of allylic oxidation sites excluding steroid dienone is 2. The van der Waals surface area contributed by atoms with Crippen molar-refractivity contribution in [1.29, 1.82) is 0 Å². The highest BCUT2D eigenvalue weighted by atomic mass is 14.7. The Morgan fingerprint density at radius 1 is 0.600 bits per heavy atom. The molecule has 1 nitrogen and oxygen atoms in total. The molecule has 25 heavy (non-hydrogen) atoms. The molecule has 0 fully saturated rings. The van der Waals surface area contributed by atoms with Gasteiger partial charge in [0, 0.05) is 0 Å². The molecular weight excluding hydrogens is 302 g/mol. The van der Waals surface area contributed by atoms with Gasteiger partial charge >= 0.3 is 0 Å². The lowest BCUT2D eigenvalue weighted by Gasteiger charge is -1.99. The van der Waals surface area contributed by atoms with Gasteiger partial charge in [0.05, 0.1) is 12.3 Å². The van der Waals surface area contributed by atoms with Crippen molar-refractivity contribution in [3.8, 4) is 0 Å². The Morgan fingerprint density at radius 3 is 1.52 bits per heavy atom. The van der Waals surface area contributed by atoms with Gasteiger partial charge in [-0.3, -0.25) is 4.99 Å². The van der Waals surface area contributed by atoms with Crippen molar-refractivity contribution in [3.63, 3.8) is 0 Å². The summed E-state index contributed by atoms with van der Waals surface area (Å²) >= 11 is 0. The monoisotopic (exact) mass is 323 g/mol. The van der Waals surface area contributed by atoms with Crippen LogP contribution in [0, 0.1) is 0 Å². The van der Waals surface area contributed by atoms with E-state index in [2.05, 4.69) is 60.7 Å². The summed E-state index contributed by atoms with van der Waals surface area (Å²) in [5, 5.41) is 0. The second-order valence-corrected chi connectivity index (χ2v) is 5.71. The minimum Gasteiger partial charge on any atom is -0.281 e. The van der Waals surface area contributed by atoms with E-state index in [4.69, 9.17) is 4.99 Å². The van der Waals surface area contributed by atoms with Crippen molar-refractivity contribution in [3.05, 3.63) is 120 Å². The SMILES string of the molecule is C(=C\c1ccccc1)/C(/C=C/c1ccccc1)=NCc1ccccc1. The topological polar surface area (TPSA) is 12.4 Å². The highest BCUT2D eigenvalue weighted by Gasteiger charge is 1.93. The Kier molecular flexibility index (Phi) is 6.12. The molecule has 0 aliphatic rings. The van der Waals surface area contributed by atoms with Gasteiger partial charge in [-0.1, -0.05) is 103 Å². The van der Waals surface area contributed by atoms with E-state index >= 15 is 0 Å². The van der Waals surface area contributed by atoms with Crippen LogP contribution in [0.3, 0.4) is 0 Å². The number of rotatable bonds is 6. The smallest absolute Gasteiger partial charge is 0.0646 e. The molecule has 0 aromatic heterocycles. The molecule has 0 amide bonds. The molecule has 3 aromatic carbocycles. The summed E-state index contributed by atoms with van der Waals surface area (Å²) in [6, 6.07) is 30.9. The van der Waals surface area contributed by atoms with Gasteiger partial charge in [-0.25, -0.2) is 0 Å². The zero-order valence-corrected chi connectivity index (χ0v) is 14.1. The molecule has 3 aromatic rings. The predicted octanol–water partition coefficient (Wildman–Crippen LogP) is 6.05. The number of nitrogens with zero attached hydrogens (tertiary/aromatic N) is 1. The Balaban J connectivity index is 1.80. The van der Waals surface area contributed by atoms with Gasteiger partial charge in [-0.05, 0) is 28.8 Å². The maximum atomic E-state index is 4.77. The first-order valence-electron chi connectivity index (χ1n) is 8.45. The van der Waals surface area contributed by atoms with E-state index in [0.717, 1.165) is 5.71 Å². The molecule has 0 atom stereocenters. The fourth-order valence-electron chi connectivity index (χ4n) is 2.42. The van der Waals surface area contributed by atoms with Crippen LogP contribution in [-0.4, -0.2) is 5.71 Å². The van der Waals surface area contributed by atoms with Crippen LogP contribution in [-0.2, 0) is 6.54 Å². The number of benzene rings is 3. The van der Waals surface area contributed by atoms with Crippen molar-refractivity contribution in [2.75, 3.05) is 0 Å². The second kappa shape index (κ2) is 9.19. The molecule has 3 rings (SSSR count). The number of hydrogen-bond acceptors (Lipinski definition) is 1. The Morgan fingerprint density at radius 2 is 1.04 bits per heavy atom. The maximum absolute atomic E-state index is 4.77. The Hall–Kier alpha value is -3.19. The van der Waals surface area contributed by atoms with Crippen LogP contribution in [0.15, 0.2) is 108 Å². The van der Waals surface area contributed by atoms with E-state index in [-0.39, 0.29) is 0 Å². The van der Waals surface area contributed by atoms with Crippen LogP contribution in [0.5, 0.6) is 0 Å². The van der Waals surface area contributed by atoms with Gasteiger partial charge in [0.25, 0.3) is 0 Å². The van der Waals surface area contributed by atoms with Crippen LogP contribution >= 0.6 is 0 Å². The molecule has 0 heterocycles. The molecule has 0 saturated carbocycles. The molecule has 0 saturated heterocycles. The van der Waals surface area contributed by atoms with Crippen molar-refractivity contribution in [2.24, 2.45) is 4.99 Å². The summed E-state index contributed by atoms with van der Waals surface area (Å²) in [6.45, 7) is 0.675. The third-order valence-corrected chi connectivity index (χ3v) is 3.78. The lowest BCUT2D eigenvalue weighted by Crippen LogP contribution is -1.91. The predicted molar refractivity (Wildman–Crippen MR) is 109 cm³/mol. The normalized spacial score (nSPS) is 11.0. The Bertz CT molecular complexity index is 793. The van der Waals surface area contributed by atoms with Gasteiger partial charge in [0.1, 0.15) is 0 Å². The van der Waals surface area contributed by atoms with Crippen LogP contribution in [0.2, 0.25) is 0 Å². The van der Waals surface area contributed by atoms with Crippen molar-refractivity contribution < 1.29 is 0 Å². The first-order chi connectivity index (χ1) is 12.4. The van der Waals surface area contributed by atoms with Gasteiger partial charge in [0.2, 0.25) is 0 Å². The first kappa shape index (κ1) is 16.7. The zero-order chi connectivity index (χ0) is 17.2. The molecule has 0 spiro atoms. The summed E-state index contributed by atoms with van der Waals surface area (Å²) in [5.74, 6) is 0. The van der Waals surface area contributed by atoms with Crippen molar-refractivity contribution >= 4 is 17.9 Å². The highest BCUT2D eigenvalue weighted by molar-refractivity contribution is 6.08. The lowest BCUT2D eigenvalue weighted by atomic mass is 10.1. The van der Waals surface area contributed by atoms with Crippen LogP contribution in [0.1, 0.15) is 16.7 Å². The standard InChI is InChI=1S/C24H21N/c1-4-10-21(11-5-1)16-18-24(19-17-22-12-6-2-7-13-22)25-20-23-14-8-3-9-15-23/h1-19H,20H2/b18-16+,19-17+. The molecule has 0 radical (unpaired) electrons. The first-order valence-corrected chi connectivity index (χ1v) is 8.45.